The van der Waals surface area contributed by atoms with E-state index in [1.165, 1.54) is 0 Å². The van der Waals surface area contributed by atoms with Crippen molar-refractivity contribution in [1.29, 1.82) is 0 Å². The van der Waals surface area contributed by atoms with E-state index in [0.717, 1.165) is 22.3 Å². The molecular weight excluding hydrogens is 312 g/mol. The molecule has 1 heterocycles. The highest BCUT2D eigenvalue weighted by molar-refractivity contribution is 5.78. The summed E-state index contributed by atoms with van der Waals surface area (Å²) < 4.78 is 0. The van der Waals surface area contributed by atoms with Crippen LogP contribution in [-0.4, -0.2) is 22.5 Å². The Morgan fingerprint density at radius 2 is 1.68 bits per heavy atom. The third-order valence-corrected chi connectivity index (χ3v) is 3.98. The summed E-state index contributed by atoms with van der Waals surface area (Å²) >= 11 is 0. The van der Waals surface area contributed by atoms with E-state index in [9.17, 15) is 9.90 Å². The average Bonchev–Trinajstić information content (AvgIpc) is 2.68. The lowest BCUT2D eigenvalue weighted by Gasteiger charge is -2.13. The van der Waals surface area contributed by atoms with Crippen molar-refractivity contribution < 1.29 is 9.90 Å². The van der Waals surface area contributed by atoms with Crippen LogP contribution in [0.25, 0.3) is 11.1 Å². The standard InChI is InChI=1S/C21H20N2O2/c24-20(15-23-21(25)13-16-5-4-12-22-14-16)19-10-8-18(9-11-19)17-6-2-1-3-7-17/h1-12,14,20,24H,13,15H2,(H,23,25)/t20-/m1/s1. The Balaban J connectivity index is 1.54. The van der Waals surface area contributed by atoms with E-state index in [4.69, 9.17) is 0 Å². The predicted octanol–water partition coefficient (Wildman–Crippen LogP) is 3.14. The number of carbonyl (C=O) groups excluding carboxylic acids is 1. The Kier molecular flexibility index (Phi) is 5.54. The maximum absolute atomic E-state index is 11.9. The second-order valence-electron chi connectivity index (χ2n) is 5.85. The van der Waals surface area contributed by atoms with Crippen LogP contribution >= 0.6 is 0 Å². The molecule has 0 aliphatic rings. The summed E-state index contributed by atoms with van der Waals surface area (Å²) in [5.74, 6) is -0.132. The maximum atomic E-state index is 11.9. The van der Waals surface area contributed by atoms with Crippen molar-refractivity contribution in [1.82, 2.24) is 10.3 Å². The lowest BCUT2D eigenvalue weighted by molar-refractivity contribution is -0.120. The van der Waals surface area contributed by atoms with Crippen molar-refractivity contribution in [3.05, 3.63) is 90.3 Å². The van der Waals surface area contributed by atoms with E-state index >= 15 is 0 Å². The van der Waals surface area contributed by atoms with E-state index in [-0.39, 0.29) is 18.9 Å². The normalized spacial score (nSPS) is 11.7. The number of pyridine rings is 1. The third-order valence-electron chi connectivity index (χ3n) is 3.98. The number of aliphatic hydroxyl groups excluding tert-OH is 1. The topological polar surface area (TPSA) is 62.2 Å². The Hall–Kier alpha value is -2.98. The van der Waals surface area contributed by atoms with Crippen LogP contribution in [0.1, 0.15) is 17.2 Å². The number of rotatable bonds is 6. The molecule has 4 heteroatoms. The quantitative estimate of drug-likeness (QED) is 0.729. The monoisotopic (exact) mass is 332 g/mol. The summed E-state index contributed by atoms with van der Waals surface area (Å²) in [7, 11) is 0. The number of aromatic nitrogens is 1. The number of carbonyl (C=O) groups is 1. The highest BCUT2D eigenvalue weighted by atomic mass is 16.3. The molecule has 1 atom stereocenters. The third kappa shape index (κ3) is 4.75. The number of nitrogens with zero attached hydrogens (tertiary/aromatic N) is 1. The van der Waals surface area contributed by atoms with Crippen LogP contribution in [-0.2, 0) is 11.2 Å². The van der Waals surface area contributed by atoms with E-state index in [1.54, 1.807) is 18.5 Å². The smallest absolute Gasteiger partial charge is 0.224 e. The molecule has 4 nitrogen and oxygen atoms in total. The largest absolute Gasteiger partial charge is 0.387 e. The van der Waals surface area contributed by atoms with Gasteiger partial charge in [0.05, 0.1) is 12.5 Å². The SMILES string of the molecule is O=C(Cc1cccnc1)NC[C@@H](O)c1ccc(-c2ccccc2)cc1. The highest BCUT2D eigenvalue weighted by Crippen LogP contribution is 2.21. The molecule has 0 aliphatic carbocycles. The minimum atomic E-state index is -0.734. The van der Waals surface area contributed by atoms with Gasteiger partial charge in [0.25, 0.3) is 0 Å². The zero-order valence-corrected chi connectivity index (χ0v) is 13.8. The Labute approximate surface area is 147 Å². The first-order chi connectivity index (χ1) is 12.2. The number of amides is 1. The maximum Gasteiger partial charge on any atom is 0.224 e. The molecule has 2 aromatic carbocycles. The number of nitrogens with one attached hydrogen (secondary N) is 1. The highest BCUT2D eigenvalue weighted by Gasteiger charge is 2.10. The molecule has 3 aromatic rings. The minimum Gasteiger partial charge on any atom is -0.387 e. The van der Waals surface area contributed by atoms with Crippen LogP contribution in [0, 0.1) is 0 Å². The van der Waals surface area contributed by atoms with Crippen molar-refractivity contribution in [2.24, 2.45) is 0 Å². The molecule has 0 spiro atoms. The van der Waals surface area contributed by atoms with E-state index in [2.05, 4.69) is 10.3 Å². The molecule has 2 N–H and O–H groups in total. The van der Waals surface area contributed by atoms with Crippen LogP contribution in [0.4, 0.5) is 0 Å². The van der Waals surface area contributed by atoms with Crippen LogP contribution in [0.2, 0.25) is 0 Å². The molecule has 0 saturated heterocycles. The van der Waals surface area contributed by atoms with Crippen LogP contribution in [0.3, 0.4) is 0 Å². The first kappa shape index (κ1) is 16.9. The zero-order valence-electron chi connectivity index (χ0n) is 13.8. The molecule has 0 bridgehead atoms. The van der Waals surface area contributed by atoms with Gasteiger partial charge >= 0.3 is 0 Å². The van der Waals surface area contributed by atoms with E-state index < -0.39 is 6.10 Å². The van der Waals surface area contributed by atoms with Crippen LogP contribution in [0.15, 0.2) is 79.1 Å². The van der Waals surface area contributed by atoms with Gasteiger partial charge in [-0.2, -0.15) is 0 Å². The molecule has 126 valence electrons. The summed E-state index contributed by atoms with van der Waals surface area (Å²) in [5, 5.41) is 13.0. The summed E-state index contributed by atoms with van der Waals surface area (Å²) in [6.07, 6.45) is 2.86. The summed E-state index contributed by atoms with van der Waals surface area (Å²) in [6, 6.07) is 21.4. The molecular formula is C21H20N2O2. The average molecular weight is 332 g/mol. The van der Waals surface area contributed by atoms with Crippen molar-refractivity contribution in [2.45, 2.75) is 12.5 Å². The van der Waals surface area contributed by atoms with Crippen molar-refractivity contribution in [2.75, 3.05) is 6.54 Å². The molecule has 0 unspecified atom stereocenters. The number of hydrogen-bond acceptors (Lipinski definition) is 3. The fourth-order valence-electron chi connectivity index (χ4n) is 2.61. The van der Waals surface area contributed by atoms with Crippen LogP contribution < -0.4 is 5.32 Å². The first-order valence-corrected chi connectivity index (χ1v) is 8.21. The number of aliphatic hydroxyl groups is 1. The molecule has 0 radical (unpaired) electrons. The van der Waals surface area contributed by atoms with Crippen molar-refractivity contribution in [3.63, 3.8) is 0 Å². The molecule has 1 amide bonds. The van der Waals surface area contributed by atoms with Gasteiger partial charge in [-0.25, -0.2) is 0 Å². The molecule has 3 rings (SSSR count). The minimum absolute atomic E-state index is 0.132. The van der Waals surface area contributed by atoms with Gasteiger partial charge in [-0.1, -0.05) is 60.7 Å². The summed E-state index contributed by atoms with van der Waals surface area (Å²) in [6.45, 7) is 0.184. The first-order valence-electron chi connectivity index (χ1n) is 8.21. The lowest BCUT2D eigenvalue weighted by atomic mass is 10.0. The molecule has 25 heavy (non-hydrogen) atoms. The summed E-state index contributed by atoms with van der Waals surface area (Å²) in [5.41, 5.74) is 3.86. The Bertz CT molecular complexity index is 802. The van der Waals surface area contributed by atoms with Crippen molar-refractivity contribution in [3.8, 4) is 11.1 Å². The van der Waals surface area contributed by atoms with Gasteiger partial charge in [-0.05, 0) is 28.3 Å². The van der Waals surface area contributed by atoms with E-state index in [0.29, 0.717) is 0 Å². The van der Waals surface area contributed by atoms with Gasteiger partial charge < -0.3 is 10.4 Å². The van der Waals surface area contributed by atoms with Crippen LogP contribution in [0.5, 0.6) is 0 Å². The fraction of sp³-hybridized carbons (Fsp3) is 0.143. The van der Waals surface area contributed by atoms with Gasteiger partial charge in [0, 0.05) is 18.9 Å². The van der Waals surface area contributed by atoms with Gasteiger partial charge in [0.15, 0.2) is 0 Å². The van der Waals surface area contributed by atoms with E-state index in [1.807, 2.05) is 60.7 Å². The van der Waals surface area contributed by atoms with Gasteiger partial charge in [0.1, 0.15) is 0 Å². The van der Waals surface area contributed by atoms with Crippen molar-refractivity contribution >= 4 is 5.91 Å². The predicted molar refractivity (Wildman–Crippen MR) is 97.8 cm³/mol. The van der Waals surface area contributed by atoms with Gasteiger partial charge in [0.2, 0.25) is 5.91 Å². The molecule has 0 saturated carbocycles. The second kappa shape index (κ2) is 8.22. The number of hydrogen-bond donors (Lipinski definition) is 2. The Morgan fingerprint density at radius 1 is 0.960 bits per heavy atom. The molecule has 0 aliphatic heterocycles. The fourth-order valence-corrected chi connectivity index (χ4v) is 2.61. The summed E-state index contributed by atoms with van der Waals surface area (Å²) in [4.78, 5) is 15.9. The molecule has 1 aromatic heterocycles. The zero-order chi connectivity index (χ0) is 17.5. The molecule has 0 fully saturated rings. The Morgan fingerprint density at radius 3 is 2.36 bits per heavy atom. The number of benzene rings is 2. The lowest BCUT2D eigenvalue weighted by Crippen LogP contribution is -2.29. The van der Waals surface area contributed by atoms with Gasteiger partial charge in [-0.15, -0.1) is 0 Å². The second-order valence-corrected chi connectivity index (χ2v) is 5.85. The van der Waals surface area contributed by atoms with Gasteiger partial charge in [-0.3, -0.25) is 9.78 Å².